The number of rotatable bonds is 5. The van der Waals surface area contributed by atoms with Crippen LogP contribution in [0.1, 0.15) is 49.7 Å². The molecule has 3 fully saturated rings. The van der Waals surface area contributed by atoms with Crippen molar-refractivity contribution in [2.45, 2.75) is 63.5 Å². The summed E-state index contributed by atoms with van der Waals surface area (Å²) in [7, 11) is 0. The van der Waals surface area contributed by atoms with Gasteiger partial charge in [-0.2, -0.15) is 0 Å². The number of carbonyl (C=O) groups is 1. The fourth-order valence-corrected chi connectivity index (χ4v) is 6.87. The summed E-state index contributed by atoms with van der Waals surface area (Å²) in [4.78, 5) is 20.8. The van der Waals surface area contributed by atoms with E-state index in [-0.39, 0.29) is 5.41 Å². The Hall–Kier alpha value is -2.72. The van der Waals surface area contributed by atoms with Crippen molar-refractivity contribution in [1.82, 2.24) is 9.88 Å². The SMILES string of the molecule is O=C(N1C2CCC1CC(Cc1ccc3ccncc3c1)C2)C1(Cc2ccccc2)CCOCC1. The van der Waals surface area contributed by atoms with Crippen LogP contribution in [0.15, 0.2) is 67.0 Å². The van der Waals surface area contributed by atoms with E-state index < -0.39 is 0 Å². The number of piperidine rings is 1. The highest BCUT2D eigenvalue weighted by Crippen LogP contribution is 2.45. The number of hydrogen-bond donors (Lipinski definition) is 0. The summed E-state index contributed by atoms with van der Waals surface area (Å²) >= 11 is 0. The van der Waals surface area contributed by atoms with Gasteiger partial charge in [-0.05, 0) is 85.9 Å². The third-order valence-electron chi connectivity index (χ3n) is 8.58. The van der Waals surface area contributed by atoms with Gasteiger partial charge in [-0.1, -0.05) is 42.5 Å². The second kappa shape index (κ2) is 9.14. The van der Waals surface area contributed by atoms with Gasteiger partial charge >= 0.3 is 0 Å². The molecular weight excluding hydrogens is 420 g/mol. The molecule has 2 aromatic carbocycles. The Morgan fingerprint density at radius 2 is 1.71 bits per heavy atom. The fraction of sp³-hybridized carbons (Fsp3) is 0.467. The van der Waals surface area contributed by atoms with Crippen molar-refractivity contribution in [2.75, 3.05) is 13.2 Å². The fourth-order valence-electron chi connectivity index (χ4n) is 6.87. The Labute approximate surface area is 202 Å². The lowest BCUT2D eigenvalue weighted by atomic mass is 9.73. The van der Waals surface area contributed by atoms with E-state index in [1.807, 2.05) is 12.4 Å². The van der Waals surface area contributed by atoms with Crippen LogP contribution in [0.2, 0.25) is 0 Å². The number of fused-ring (bicyclic) bond motifs is 3. The van der Waals surface area contributed by atoms with Gasteiger partial charge in [0.15, 0.2) is 0 Å². The molecule has 3 aliphatic rings. The average molecular weight is 455 g/mol. The molecule has 1 aromatic heterocycles. The van der Waals surface area contributed by atoms with Crippen LogP contribution in [0.4, 0.5) is 0 Å². The molecule has 3 saturated heterocycles. The molecule has 34 heavy (non-hydrogen) atoms. The van der Waals surface area contributed by atoms with Crippen molar-refractivity contribution in [1.29, 1.82) is 0 Å². The molecule has 2 bridgehead atoms. The molecule has 4 heteroatoms. The molecule has 0 radical (unpaired) electrons. The Morgan fingerprint density at radius 1 is 0.941 bits per heavy atom. The van der Waals surface area contributed by atoms with Gasteiger partial charge < -0.3 is 9.64 Å². The van der Waals surface area contributed by atoms with Crippen LogP contribution in [0.25, 0.3) is 10.8 Å². The first-order chi connectivity index (χ1) is 16.7. The summed E-state index contributed by atoms with van der Waals surface area (Å²) in [6.07, 6.45) is 12.0. The van der Waals surface area contributed by atoms with Gasteiger partial charge in [0.1, 0.15) is 0 Å². The first-order valence-electron chi connectivity index (χ1n) is 13.0. The van der Waals surface area contributed by atoms with E-state index in [0.717, 1.165) is 51.4 Å². The molecule has 0 saturated carbocycles. The van der Waals surface area contributed by atoms with E-state index in [1.54, 1.807) is 0 Å². The monoisotopic (exact) mass is 454 g/mol. The third-order valence-corrected chi connectivity index (χ3v) is 8.58. The lowest BCUT2D eigenvalue weighted by Gasteiger charge is -2.46. The molecular formula is C30H34N2O2. The second-order valence-electron chi connectivity index (χ2n) is 10.8. The number of carbonyl (C=O) groups excluding carboxylic acids is 1. The second-order valence-corrected chi connectivity index (χ2v) is 10.8. The van der Waals surface area contributed by atoms with E-state index in [0.29, 0.717) is 37.1 Å². The maximum Gasteiger partial charge on any atom is 0.229 e. The molecule has 176 valence electrons. The Balaban J connectivity index is 1.19. The smallest absolute Gasteiger partial charge is 0.229 e. The van der Waals surface area contributed by atoms with Crippen LogP contribution in [-0.2, 0) is 22.4 Å². The summed E-state index contributed by atoms with van der Waals surface area (Å²) in [6.45, 7) is 1.39. The van der Waals surface area contributed by atoms with Gasteiger partial charge in [-0.25, -0.2) is 0 Å². The van der Waals surface area contributed by atoms with E-state index in [1.165, 1.54) is 21.9 Å². The van der Waals surface area contributed by atoms with Crippen LogP contribution >= 0.6 is 0 Å². The molecule has 0 aliphatic carbocycles. The van der Waals surface area contributed by atoms with Crippen LogP contribution in [-0.4, -0.2) is 41.1 Å². The molecule has 2 atom stereocenters. The van der Waals surface area contributed by atoms with Gasteiger partial charge in [0, 0.05) is 43.1 Å². The third kappa shape index (κ3) is 4.13. The molecule has 0 spiro atoms. The Morgan fingerprint density at radius 3 is 2.47 bits per heavy atom. The minimum atomic E-state index is -0.307. The summed E-state index contributed by atoms with van der Waals surface area (Å²) in [6, 6.07) is 20.2. The van der Waals surface area contributed by atoms with Crippen LogP contribution in [0, 0.1) is 11.3 Å². The van der Waals surface area contributed by atoms with Crippen molar-refractivity contribution in [2.24, 2.45) is 11.3 Å². The van der Waals surface area contributed by atoms with Gasteiger partial charge in [-0.15, -0.1) is 0 Å². The minimum Gasteiger partial charge on any atom is -0.381 e. The lowest BCUT2D eigenvalue weighted by molar-refractivity contribution is -0.153. The lowest BCUT2D eigenvalue weighted by Crippen LogP contribution is -2.55. The molecule has 2 unspecified atom stereocenters. The van der Waals surface area contributed by atoms with Crippen molar-refractivity contribution < 1.29 is 9.53 Å². The normalized spacial score (nSPS) is 26.0. The average Bonchev–Trinajstić information content (AvgIpc) is 3.14. The Kier molecular flexibility index (Phi) is 5.86. The highest BCUT2D eigenvalue weighted by molar-refractivity contribution is 5.84. The number of amides is 1. The number of pyridine rings is 1. The maximum atomic E-state index is 14.2. The zero-order valence-electron chi connectivity index (χ0n) is 19.9. The number of ether oxygens (including phenoxy) is 1. The van der Waals surface area contributed by atoms with Crippen molar-refractivity contribution in [3.05, 3.63) is 78.1 Å². The summed E-state index contributed by atoms with van der Waals surface area (Å²) in [5.74, 6) is 1.05. The molecule has 4 heterocycles. The van der Waals surface area contributed by atoms with Crippen LogP contribution in [0.3, 0.4) is 0 Å². The van der Waals surface area contributed by atoms with E-state index >= 15 is 0 Å². The number of hydrogen-bond acceptors (Lipinski definition) is 3. The van der Waals surface area contributed by atoms with E-state index in [4.69, 9.17) is 4.74 Å². The topological polar surface area (TPSA) is 42.4 Å². The predicted molar refractivity (Wildman–Crippen MR) is 134 cm³/mol. The molecule has 3 aliphatic heterocycles. The van der Waals surface area contributed by atoms with Crippen molar-refractivity contribution >= 4 is 16.7 Å². The van der Waals surface area contributed by atoms with Gasteiger partial charge in [0.2, 0.25) is 5.91 Å². The standard InChI is InChI=1S/C30H34N2O2/c33-29(30(11-14-34-15-12-30)20-22-4-2-1-3-5-22)32-27-8-9-28(32)19-24(18-27)16-23-6-7-25-10-13-31-21-26(25)17-23/h1-7,10,13,17,21,24,27-28H,8-9,11-12,14-16,18-20H2. The van der Waals surface area contributed by atoms with Gasteiger partial charge in [0.05, 0.1) is 5.41 Å². The Bertz CT molecular complexity index is 1140. The summed E-state index contributed by atoms with van der Waals surface area (Å²) in [5.41, 5.74) is 2.36. The van der Waals surface area contributed by atoms with Gasteiger partial charge in [0.25, 0.3) is 0 Å². The zero-order valence-corrected chi connectivity index (χ0v) is 19.9. The maximum absolute atomic E-state index is 14.2. The molecule has 0 N–H and O–H groups in total. The van der Waals surface area contributed by atoms with Crippen LogP contribution in [0.5, 0.6) is 0 Å². The van der Waals surface area contributed by atoms with Gasteiger partial charge in [-0.3, -0.25) is 9.78 Å². The van der Waals surface area contributed by atoms with Crippen LogP contribution < -0.4 is 0 Å². The van der Waals surface area contributed by atoms with Crippen molar-refractivity contribution in [3.8, 4) is 0 Å². The number of aromatic nitrogens is 1. The quantitative estimate of drug-likeness (QED) is 0.505. The first kappa shape index (κ1) is 21.8. The highest BCUT2D eigenvalue weighted by atomic mass is 16.5. The molecule has 3 aromatic rings. The number of nitrogens with zero attached hydrogens (tertiary/aromatic N) is 2. The summed E-state index contributed by atoms with van der Waals surface area (Å²) < 4.78 is 5.71. The highest BCUT2D eigenvalue weighted by Gasteiger charge is 2.50. The zero-order chi connectivity index (χ0) is 23.0. The summed E-state index contributed by atoms with van der Waals surface area (Å²) in [5, 5.41) is 2.47. The molecule has 4 nitrogen and oxygen atoms in total. The molecule has 6 rings (SSSR count). The van der Waals surface area contributed by atoms with E-state index in [2.05, 4.69) is 64.5 Å². The largest absolute Gasteiger partial charge is 0.381 e. The first-order valence-corrected chi connectivity index (χ1v) is 13.0. The predicted octanol–water partition coefficient (Wildman–Crippen LogP) is 5.59. The number of benzene rings is 2. The minimum absolute atomic E-state index is 0.307. The van der Waals surface area contributed by atoms with Crippen molar-refractivity contribution in [3.63, 3.8) is 0 Å². The molecule has 1 amide bonds. The van der Waals surface area contributed by atoms with E-state index in [9.17, 15) is 4.79 Å².